The van der Waals surface area contributed by atoms with Crippen LogP contribution in [0.15, 0.2) is 53.4 Å². The molecule has 4 rings (SSSR count). The largest absolute Gasteiger partial charge is 0.352 e. The minimum Gasteiger partial charge on any atom is -0.352 e. The molecule has 2 aromatic carbocycles. The molecule has 1 unspecified atom stereocenters. The van der Waals surface area contributed by atoms with Gasteiger partial charge in [0.05, 0.1) is 10.8 Å². The summed E-state index contributed by atoms with van der Waals surface area (Å²) in [7, 11) is -3.58. The number of benzene rings is 2. The number of hydrogen-bond acceptors (Lipinski definition) is 4. The van der Waals surface area contributed by atoms with Gasteiger partial charge in [-0.2, -0.15) is 4.31 Å². The Bertz CT molecular complexity index is 1050. The number of likely N-dealkylation sites (tertiary alicyclic amines) is 1. The molecule has 2 saturated heterocycles. The SMILES string of the molecule is Cc1ccc(S(=O)(=O)N2CCCC(C(=O)NCc3cccc(CN4CCCCC4)c3)C2)cc1. The number of sulfonamides is 1. The van der Waals surface area contributed by atoms with E-state index in [1.807, 2.05) is 13.0 Å². The van der Waals surface area contributed by atoms with E-state index < -0.39 is 10.0 Å². The van der Waals surface area contributed by atoms with Gasteiger partial charge in [0.2, 0.25) is 15.9 Å². The molecule has 0 bridgehead atoms. The lowest BCUT2D eigenvalue weighted by molar-refractivity contribution is -0.126. The number of rotatable bonds is 7. The highest BCUT2D eigenvalue weighted by atomic mass is 32.2. The van der Waals surface area contributed by atoms with Gasteiger partial charge in [0.1, 0.15) is 0 Å². The number of hydrogen-bond donors (Lipinski definition) is 1. The lowest BCUT2D eigenvalue weighted by Crippen LogP contribution is -2.45. The molecule has 0 aromatic heterocycles. The Balaban J connectivity index is 1.33. The Morgan fingerprint density at radius 2 is 1.70 bits per heavy atom. The van der Waals surface area contributed by atoms with Crippen molar-refractivity contribution in [2.45, 2.75) is 57.0 Å². The number of piperidine rings is 2. The van der Waals surface area contributed by atoms with E-state index >= 15 is 0 Å². The van der Waals surface area contributed by atoms with Crippen LogP contribution in [0.1, 0.15) is 48.8 Å². The normalized spacial score (nSPS) is 20.5. The Labute approximate surface area is 198 Å². The van der Waals surface area contributed by atoms with Gasteiger partial charge in [-0.15, -0.1) is 0 Å². The van der Waals surface area contributed by atoms with E-state index in [0.29, 0.717) is 30.8 Å². The molecule has 0 aliphatic carbocycles. The second-order valence-electron chi connectivity index (χ2n) is 9.39. The van der Waals surface area contributed by atoms with Gasteiger partial charge in [-0.25, -0.2) is 8.42 Å². The van der Waals surface area contributed by atoms with Crippen LogP contribution >= 0.6 is 0 Å². The Morgan fingerprint density at radius 3 is 2.45 bits per heavy atom. The van der Waals surface area contributed by atoms with Crippen LogP contribution in [-0.2, 0) is 27.9 Å². The summed E-state index contributed by atoms with van der Waals surface area (Å²) in [6.45, 7) is 6.36. The van der Waals surface area contributed by atoms with Crippen LogP contribution in [-0.4, -0.2) is 49.7 Å². The highest BCUT2D eigenvalue weighted by molar-refractivity contribution is 7.89. The van der Waals surface area contributed by atoms with Gasteiger partial charge in [-0.1, -0.05) is 48.4 Å². The van der Waals surface area contributed by atoms with Crippen LogP contribution in [0.3, 0.4) is 0 Å². The van der Waals surface area contributed by atoms with Gasteiger partial charge in [-0.05, 0) is 69.0 Å². The van der Waals surface area contributed by atoms with Gasteiger partial charge in [0, 0.05) is 26.2 Å². The summed E-state index contributed by atoms with van der Waals surface area (Å²) >= 11 is 0. The third-order valence-corrected chi connectivity index (χ3v) is 8.61. The maximum Gasteiger partial charge on any atom is 0.243 e. The van der Waals surface area contributed by atoms with Gasteiger partial charge >= 0.3 is 0 Å². The second kappa shape index (κ2) is 10.8. The summed E-state index contributed by atoms with van der Waals surface area (Å²) in [4.78, 5) is 15.7. The van der Waals surface area contributed by atoms with Crippen molar-refractivity contribution in [2.75, 3.05) is 26.2 Å². The molecular formula is C26H35N3O3S. The third kappa shape index (κ3) is 6.22. The average Bonchev–Trinajstić information content (AvgIpc) is 2.84. The Kier molecular flexibility index (Phi) is 7.83. The van der Waals surface area contributed by atoms with Crippen LogP contribution in [0.5, 0.6) is 0 Å². The molecule has 178 valence electrons. The molecule has 0 spiro atoms. The van der Waals surface area contributed by atoms with Crippen LogP contribution in [0.4, 0.5) is 0 Å². The maximum absolute atomic E-state index is 13.0. The molecule has 1 atom stereocenters. The van der Waals surface area contributed by atoms with Crippen molar-refractivity contribution >= 4 is 15.9 Å². The van der Waals surface area contributed by atoms with E-state index in [0.717, 1.165) is 30.8 Å². The van der Waals surface area contributed by atoms with Gasteiger partial charge < -0.3 is 5.32 Å². The standard InChI is InChI=1S/C26H35N3O3S/c1-21-10-12-25(13-11-21)33(31,32)29-16-6-9-24(20-29)26(30)27-18-22-7-5-8-23(17-22)19-28-14-3-2-4-15-28/h5,7-8,10-13,17,24H,2-4,6,9,14-16,18-20H2,1H3,(H,27,30). The van der Waals surface area contributed by atoms with E-state index in [4.69, 9.17) is 0 Å². The minimum atomic E-state index is -3.58. The zero-order chi connectivity index (χ0) is 23.3. The quantitative estimate of drug-likeness (QED) is 0.671. The lowest BCUT2D eigenvalue weighted by atomic mass is 9.98. The summed E-state index contributed by atoms with van der Waals surface area (Å²) in [6, 6.07) is 15.3. The molecule has 2 aliphatic heterocycles. The van der Waals surface area contributed by atoms with Crippen molar-refractivity contribution < 1.29 is 13.2 Å². The molecule has 2 heterocycles. The summed E-state index contributed by atoms with van der Waals surface area (Å²) in [5.74, 6) is -0.393. The van der Waals surface area contributed by atoms with E-state index in [2.05, 4.69) is 28.4 Å². The highest BCUT2D eigenvalue weighted by Gasteiger charge is 2.33. The zero-order valence-electron chi connectivity index (χ0n) is 19.5. The van der Waals surface area contributed by atoms with Gasteiger partial charge in [0.25, 0.3) is 0 Å². The fourth-order valence-electron chi connectivity index (χ4n) is 4.78. The fraction of sp³-hybridized carbons (Fsp3) is 0.500. The van der Waals surface area contributed by atoms with E-state index in [-0.39, 0.29) is 18.4 Å². The Morgan fingerprint density at radius 1 is 0.970 bits per heavy atom. The van der Waals surface area contributed by atoms with Crippen molar-refractivity contribution in [3.8, 4) is 0 Å². The zero-order valence-corrected chi connectivity index (χ0v) is 20.3. The van der Waals surface area contributed by atoms with Crippen molar-refractivity contribution in [3.05, 3.63) is 65.2 Å². The molecule has 33 heavy (non-hydrogen) atoms. The monoisotopic (exact) mass is 469 g/mol. The summed E-state index contributed by atoms with van der Waals surface area (Å²) in [6.07, 6.45) is 5.27. The molecule has 2 fully saturated rings. The molecule has 1 N–H and O–H groups in total. The molecule has 0 saturated carbocycles. The molecule has 7 heteroatoms. The lowest BCUT2D eigenvalue weighted by Gasteiger charge is -2.31. The van der Waals surface area contributed by atoms with Crippen LogP contribution in [0.2, 0.25) is 0 Å². The van der Waals surface area contributed by atoms with Crippen LogP contribution in [0.25, 0.3) is 0 Å². The number of nitrogens with one attached hydrogen (secondary N) is 1. The summed E-state index contributed by atoms with van der Waals surface area (Å²) in [5.41, 5.74) is 3.37. The molecule has 2 aliphatic rings. The first-order valence-corrected chi connectivity index (χ1v) is 13.5. The van der Waals surface area contributed by atoms with Gasteiger partial charge in [0.15, 0.2) is 0 Å². The molecule has 1 amide bonds. The smallest absolute Gasteiger partial charge is 0.243 e. The van der Waals surface area contributed by atoms with Crippen molar-refractivity contribution in [2.24, 2.45) is 5.92 Å². The number of amides is 1. The number of carbonyl (C=O) groups is 1. The topological polar surface area (TPSA) is 69.7 Å². The fourth-order valence-corrected chi connectivity index (χ4v) is 6.31. The predicted molar refractivity (Wildman–Crippen MR) is 130 cm³/mol. The molecular weight excluding hydrogens is 434 g/mol. The number of carbonyl (C=O) groups excluding carboxylic acids is 1. The van der Waals surface area contributed by atoms with E-state index in [9.17, 15) is 13.2 Å². The maximum atomic E-state index is 13.0. The van der Waals surface area contributed by atoms with E-state index in [1.165, 1.54) is 29.1 Å². The van der Waals surface area contributed by atoms with Crippen molar-refractivity contribution in [3.63, 3.8) is 0 Å². The molecule has 6 nitrogen and oxygen atoms in total. The molecule has 2 aromatic rings. The molecule has 0 radical (unpaired) electrons. The Hall–Kier alpha value is -2.22. The average molecular weight is 470 g/mol. The third-order valence-electron chi connectivity index (χ3n) is 6.73. The predicted octanol–water partition coefficient (Wildman–Crippen LogP) is 3.70. The van der Waals surface area contributed by atoms with Crippen molar-refractivity contribution in [1.29, 1.82) is 0 Å². The van der Waals surface area contributed by atoms with E-state index in [1.54, 1.807) is 24.3 Å². The summed E-state index contributed by atoms with van der Waals surface area (Å²) < 4.78 is 27.5. The second-order valence-corrected chi connectivity index (χ2v) is 11.3. The first kappa shape index (κ1) is 23.9. The number of nitrogens with zero attached hydrogens (tertiary/aromatic N) is 2. The summed E-state index contributed by atoms with van der Waals surface area (Å²) in [5, 5.41) is 3.04. The van der Waals surface area contributed by atoms with Crippen molar-refractivity contribution in [1.82, 2.24) is 14.5 Å². The minimum absolute atomic E-state index is 0.0692. The highest BCUT2D eigenvalue weighted by Crippen LogP contribution is 2.24. The van der Waals surface area contributed by atoms with Crippen LogP contribution in [0, 0.1) is 12.8 Å². The first-order valence-electron chi connectivity index (χ1n) is 12.1. The number of aryl methyl sites for hydroxylation is 1. The van der Waals surface area contributed by atoms with Gasteiger partial charge in [-0.3, -0.25) is 9.69 Å². The van der Waals surface area contributed by atoms with Crippen LogP contribution < -0.4 is 5.32 Å². The first-order chi connectivity index (χ1) is 15.9.